The normalized spacial score (nSPS) is 21.1. The van der Waals surface area contributed by atoms with Gasteiger partial charge < -0.3 is 15.0 Å². The Morgan fingerprint density at radius 1 is 1.07 bits per heavy atom. The van der Waals surface area contributed by atoms with E-state index in [0.717, 1.165) is 30.6 Å². The summed E-state index contributed by atoms with van der Waals surface area (Å²) in [6.45, 7) is 1.60. The first-order chi connectivity index (χ1) is 14.0. The number of para-hydroxylation sites is 1. The van der Waals surface area contributed by atoms with Crippen molar-refractivity contribution in [1.82, 2.24) is 10.2 Å². The number of fused-ring (bicyclic) bond motifs is 1. The predicted octanol–water partition coefficient (Wildman–Crippen LogP) is 4.49. The first-order valence-corrected chi connectivity index (χ1v) is 10.5. The Kier molecular flexibility index (Phi) is 5.97. The van der Waals surface area contributed by atoms with Gasteiger partial charge in [0.15, 0.2) is 0 Å². The summed E-state index contributed by atoms with van der Waals surface area (Å²) in [6.07, 6.45) is 2.29. The van der Waals surface area contributed by atoms with Crippen LogP contribution in [0.2, 0.25) is 10.0 Å². The second-order valence-electron chi connectivity index (χ2n) is 7.46. The third-order valence-corrected chi connectivity index (χ3v) is 6.26. The van der Waals surface area contributed by atoms with Gasteiger partial charge in [0.2, 0.25) is 5.91 Å². The zero-order chi connectivity index (χ0) is 20.4. The molecule has 1 N–H and O–H groups in total. The van der Waals surface area contributed by atoms with E-state index in [9.17, 15) is 9.59 Å². The summed E-state index contributed by atoms with van der Waals surface area (Å²) < 4.78 is 5.67. The van der Waals surface area contributed by atoms with Crippen LogP contribution in [0.5, 0.6) is 5.75 Å². The average molecular weight is 433 g/mol. The molecule has 2 atom stereocenters. The van der Waals surface area contributed by atoms with E-state index in [1.54, 1.807) is 23.1 Å². The number of ether oxygens (including phenoxy) is 1. The van der Waals surface area contributed by atoms with Crippen molar-refractivity contribution in [2.75, 3.05) is 19.7 Å². The molecule has 5 nitrogen and oxygen atoms in total. The molecule has 0 radical (unpaired) electrons. The van der Waals surface area contributed by atoms with Crippen molar-refractivity contribution in [1.29, 1.82) is 0 Å². The van der Waals surface area contributed by atoms with Gasteiger partial charge in [-0.2, -0.15) is 0 Å². The molecule has 2 heterocycles. The summed E-state index contributed by atoms with van der Waals surface area (Å²) in [5, 5.41) is 3.93. The lowest BCUT2D eigenvalue weighted by atomic mass is 9.94. The van der Waals surface area contributed by atoms with Crippen LogP contribution >= 0.6 is 23.2 Å². The van der Waals surface area contributed by atoms with Crippen LogP contribution in [0.1, 0.15) is 41.2 Å². The second-order valence-corrected chi connectivity index (χ2v) is 8.27. The number of hydrogen-bond donors (Lipinski definition) is 1. The highest BCUT2D eigenvalue weighted by Gasteiger charge is 2.31. The van der Waals surface area contributed by atoms with E-state index in [1.165, 1.54) is 0 Å². The Balaban J connectivity index is 1.42. The molecule has 2 amide bonds. The Labute approximate surface area is 179 Å². The highest BCUT2D eigenvalue weighted by molar-refractivity contribution is 6.42. The highest BCUT2D eigenvalue weighted by Crippen LogP contribution is 2.32. The fraction of sp³-hybridized carbons (Fsp3) is 0.364. The van der Waals surface area contributed by atoms with Gasteiger partial charge in [0.25, 0.3) is 5.91 Å². The highest BCUT2D eigenvalue weighted by atomic mass is 35.5. The number of hydrogen-bond acceptors (Lipinski definition) is 3. The lowest BCUT2D eigenvalue weighted by Gasteiger charge is -2.34. The van der Waals surface area contributed by atoms with E-state index >= 15 is 0 Å². The van der Waals surface area contributed by atoms with Crippen LogP contribution < -0.4 is 10.1 Å². The number of nitrogens with one attached hydrogen (secondary N) is 1. The summed E-state index contributed by atoms with van der Waals surface area (Å²) in [5.74, 6) is 0.449. The molecule has 2 aromatic carbocycles. The predicted molar refractivity (Wildman–Crippen MR) is 113 cm³/mol. The lowest BCUT2D eigenvalue weighted by Crippen LogP contribution is -2.46. The fourth-order valence-electron chi connectivity index (χ4n) is 3.97. The molecule has 152 valence electrons. The molecule has 2 aliphatic heterocycles. The van der Waals surface area contributed by atoms with Crippen molar-refractivity contribution in [2.45, 2.75) is 25.3 Å². The van der Waals surface area contributed by atoms with Crippen molar-refractivity contribution < 1.29 is 14.3 Å². The summed E-state index contributed by atoms with van der Waals surface area (Å²) in [7, 11) is 0. The quantitative estimate of drug-likeness (QED) is 0.777. The van der Waals surface area contributed by atoms with E-state index in [0.29, 0.717) is 35.3 Å². The summed E-state index contributed by atoms with van der Waals surface area (Å²) in [5.41, 5.74) is 1.49. The summed E-state index contributed by atoms with van der Waals surface area (Å²) in [4.78, 5) is 27.5. The van der Waals surface area contributed by atoms with Gasteiger partial charge in [-0.3, -0.25) is 9.59 Å². The van der Waals surface area contributed by atoms with Crippen molar-refractivity contribution >= 4 is 35.0 Å². The number of piperidine rings is 1. The molecule has 0 aromatic heterocycles. The van der Waals surface area contributed by atoms with Crippen LogP contribution in [0, 0.1) is 5.92 Å². The van der Waals surface area contributed by atoms with Gasteiger partial charge in [-0.25, -0.2) is 0 Å². The minimum absolute atomic E-state index is 0.0154. The van der Waals surface area contributed by atoms with Gasteiger partial charge in [-0.1, -0.05) is 41.4 Å². The number of amides is 2. The van der Waals surface area contributed by atoms with E-state index in [4.69, 9.17) is 27.9 Å². The summed E-state index contributed by atoms with van der Waals surface area (Å²) in [6, 6.07) is 12.6. The van der Waals surface area contributed by atoms with E-state index in [1.807, 2.05) is 24.3 Å². The molecule has 2 aliphatic rings. The van der Waals surface area contributed by atoms with Crippen LogP contribution in [0.25, 0.3) is 0 Å². The third-order valence-electron chi connectivity index (χ3n) is 5.52. The molecule has 1 saturated heterocycles. The molecule has 7 heteroatoms. The largest absolute Gasteiger partial charge is 0.493 e. The maximum absolute atomic E-state index is 13.0. The number of carbonyl (C=O) groups is 2. The van der Waals surface area contributed by atoms with Gasteiger partial charge in [0.05, 0.1) is 28.6 Å². The van der Waals surface area contributed by atoms with Gasteiger partial charge in [-0.15, -0.1) is 0 Å². The second kappa shape index (κ2) is 8.64. The zero-order valence-electron chi connectivity index (χ0n) is 15.9. The van der Waals surface area contributed by atoms with Crippen LogP contribution in [0.3, 0.4) is 0 Å². The van der Waals surface area contributed by atoms with Gasteiger partial charge >= 0.3 is 0 Å². The molecule has 0 saturated carbocycles. The molecule has 0 bridgehead atoms. The lowest BCUT2D eigenvalue weighted by molar-refractivity contribution is -0.127. The molecule has 0 spiro atoms. The Bertz CT molecular complexity index is 934. The molecule has 0 aliphatic carbocycles. The van der Waals surface area contributed by atoms with Crippen molar-refractivity contribution in [3.8, 4) is 5.75 Å². The maximum Gasteiger partial charge on any atom is 0.253 e. The summed E-state index contributed by atoms with van der Waals surface area (Å²) >= 11 is 12.0. The first-order valence-electron chi connectivity index (χ1n) is 9.79. The molecule has 2 unspecified atom stereocenters. The monoisotopic (exact) mass is 432 g/mol. The molecule has 29 heavy (non-hydrogen) atoms. The molecular weight excluding hydrogens is 411 g/mol. The number of likely N-dealkylation sites (tertiary alicyclic amines) is 1. The standard InChI is InChI=1S/C22H22Cl2N2O3/c23-17-8-7-14(12-18(17)24)22(28)26-10-3-4-15(13-26)21(27)25-19-9-11-29-20-6-2-1-5-16(19)20/h1-2,5-8,12,15,19H,3-4,9-11,13H2,(H,25,27). The SMILES string of the molecule is O=C(NC1CCOc2ccccc21)C1CCCN(C(=O)c2ccc(Cl)c(Cl)c2)C1. The molecule has 2 aromatic rings. The Morgan fingerprint density at radius 2 is 1.90 bits per heavy atom. The van der Waals surface area contributed by atoms with Crippen LogP contribution in [0.15, 0.2) is 42.5 Å². The van der Waals surface area contributed by atoms with Gasteiger partial charge in [-0.05, 0) is 37.1 Å². The minimum atomic E-state index is -0.231. The number of rotatable bonds is 3. The van der Waals surface area contributed by atoms with Gasteiger partial charge in [0.1, 0.15) is 5.75 Å². The fourth-order valence-corrected chi connectivity index (χ4v) is 4.27. The van der Waals surface area contributed by atoms with Crippen molar-refractivity contribution in [3.05, 3.63) is 63.6 Å². The topological polar surface area (TPSA) is 58.6 Å². The molecular formula is C22H22Cl2N2O3. The minimum Gasteiger partial charge on any atom is -0.493 e. The zero-order valence-corrected chi connectivity index (χ0v) is 17.4. The van der Waals surface area contributed by atoms with Crippen LogP contribution in [0.4, 0.5) is 0 Å². The van der Waals surface area contributed by atoms with E-state index in [-0.39, 0.29) is 23.8 Å². The first kappa shape index (κ1) is 20.0. The smallest absolute Gasteiger partial charge is 0.253 e. The van der Waals surface area contributed by atoms with Crippen molar-refractivity contribution in [3.63, 3.8) is 0 Å². The Hall–Kier alpha value is -2.24. The van der Waals surface area contributed by atoms with Gasteiger partial charge in [0, 0.05) is 30.6 Å². The Morgan fingerprint density at radius 3 is 2.72 bits per heavy atom. The van der Waals surface area contributed by atoms with Crippen LogP contribution in [-0.2, 0) is 4.79 Å². The number of nitrogens with zero attached hydrogens (tertiary/aromatic N) is 1. The van der Waals surface area contributed by atoms with E-state index < -0.39 is 0 Å². The maximum atomic E-state index is 13.0. The van der Waals surface area contributed by atoms with E-state index in [2.05, 4.69) is 5.32 Å². The van der Waals surface area contributed by atoms with Crippen molar-refractivity contribution in [2.24, 2.45) is 5.92 Å². The molecule has 1 fully saturated rings. The average Bonchev–Trinajstić information content (AvgIpc) is 2.75. The number of halogens is 2. The molecule has 4 rings (SSSR count). The third kappa shape index (κ3) is 4.36. The number of benzene rings is 2. The van der Waals surface area contributed by atoms with Crippen LogP contribution in [-0.4, -0.2) is 36.4 Å². The number of carbonyl (C=O) groups excluding carboxylic acids is 2.